The second-order valence-corrected chi connectivity index (χ2v) is 3.23. The highest BCUT2D eigenvalue weighted by molar-refractivity contribution is 5.26. The fourth-order valence-corrected chi connectivity index (χ4v) is 0.943. The van der Waals surface area contributed by atoms with Gasteiger partial charge in [-0.15, -0.1) is 0 Å². The molecule has 2 N–H and O–H groups in total. The van der Waals surface area contributed by atoms with Crippen LogP contribution in [0.3, 0.4) is 0 Å². The number of rotatable bonds is 2. The van der Waals surface area contributed by atoms with Crippen LogP contribution in [0.15, 0.2) is 0 Å². The zero-order chi connectivity index (χ0) is 11.3. The van der Waals surface area contributed by atoms with Crippen molar-refractivity contribution in [2.24, 2.45) is 11.8 Å². The predicted octanol–water partition coefficient (Wildman–Crippen LogP) is 2.49. The van der Waals surface area contributed by atoms with Gasteiger partial charge < -0.3 is 0 Å². The van der Waals surface area contributed by atoms with Crippen LogP contribution in [0.1, 0.15) is 34.1 Å². The van der Waals surface area contributed by atoms with E-state index in [0.29, 0.717) is 0 Å². The molecular weight excluding hydrogens is 168 g/mol. The van der Waals surface area contributed by atoms with Crippen LogP contribution in [0.5, 0.6) is 0 Å². The van der Waals surface area contributed by atoms with Crippen LogP contribution in [0.4, 0.5) is 0 Å². The standard InChI is InChI=1S/C7H16.2CHNO/c1-6(2)5-7(3)4;2*2-1-3/h6-7H,5H2,1-4H3;2*2H. The maximum atomic E-state index is 8.35. The van der Waals surface area contributed by atoms with Crippen molar-refractivity contribution in [2.45, 2.75) is 34.1 Å². The minimum atomic E-state index is 0.750. The lowest BCUT2D eigenvalue weighted by atomic mass is 10.0. The first-order valence-corrected chi connectivity index (χ1v) is 4.03. The highest BCUT2D eigenvalue weighted by Crippen LogP contribution is 2.08. The summed E-state index contributed by atoms with van der Waals surface area (Å²) < 4.78 is 0. The minimum absolute atomic E-state index is 0.750. The van der Waals surface area contributed by atoms with Gasteiger partial charge >= 0.3 is 0 Å². The van der Waals surface area contributed by atoms with Gasteiger partial charge in [0.05, 0.1) is 0 Å². The Hall–Kier alpha value is -1.24. The van der Waals surface area contributed by atoms with Gasteiger partial charge in [0.2, 0.25) is 12.2 Å². The Morgan fingerprint density at radius 2 is 1.08 bits per heavy atom. The van der Waals surface area contributed by atoms with Crippen molar-refractivity contribution in [1.82, 2.24) is 0 Å². The van der Waals surface area contributed by atoms with Crippen molar-refractivity contribution < 1.29 is 9.59 Å². The molecule has 0 aliphatic carbocycles. The molecule has 0 saturated heterocycles. The molecule has 0 heterocycles. The average Bonchev–Trinajstić information content (AvgIpc) is 1.86. The number of isocyanates is 2. The second-order valence-electron chi connectivity index (χ2n) is 3.23. The molecule has 0 radical (unpaired) electrons. The van der Waals surface area contributed by atoms with Crippen LogP contribution in [0.25, 0.3) is 0 Å². The van der Waals surface area contributed by atoms with Gasteiger partial charge in [0.15, 0.2) is 0 Å². The first-order chi connectivity index (χ1) is 5.95. The zero-order valence-electron chi connectivity index (χ0n) is 8.68. The molecule has 0 aromatic heterocycles. The molecule has 0 bridgehead atoms. The molecule has 0 amide bonds. The highest BCUT2D eigenvalue weighted by Gasteiger charge is 1.95. The Morgan fingerprint density at radius 3 is 1.08 bits per heavy atom. The Kier molecular flexibility index (Phi) is 23.2. The molecule has 4 heteroatoms. The maximum absolute atomic E-state index is 8.35. The van der Waals surface area contributed by atoms with E-state index in [1.54, 1.807) is 0 Å². The van der Waals surface area contributed by atoms with Crippen LogP contribution < -0.4 is 0 Å². The van der Waals surface area contributed by atoms with Crippen LogP contribution >= 0.6 is 0 Å². The first kappa shape index (κ1) is 17.7. The highest BCUT2D eigenvalue weighted by atomic mass is 16.1. The summed E-state index contributed by atoms with van der Waals surface area (Å²) in [6.45, 7) is 9.06. The van der Waals surface area contributed by atoms with Crippen LogP contribution in [0, 0.1) is 22.7 Å². The van der Waals surface area contributed by atoms with Gasteiger partial charge in [0.25, 0.3) is 0 Å². The van der Waals surface area contributed by atoms with Crippen LogP contribution in [0.2, 0.25) is 0 Å². The van der Waals surface area contributed by atoms with E-state index in [2.05, 4.69) is 27.7 Å². The molecule has 0 aromatic carbocycles. The molecule has 0 spiro atoms. The Morgan fingerprint density at radius 1 is 0.923 bits per heavy atom. The van der Waals surface area contributed by atoms with E-state index >= 15 is 0 Å². The molecule has 0 unspecified atom stereocenters. The monoisotopic (exact) mass is 186 g/mol. The van der Waals surface area contributed by atoms with Crippen molar-refractivity contribution >= 4 is 12.2 Å². The van der Waals surface area contributed by atoms with Gasteiger partial charge in [0.1, 0.15) is 0 Å². The molecule has 0 fully saturated rings. The molecule has 0 aliphatic rings. The van der Waals surface area contributed by atoms with E-state index in [9.17, 15) is 0 Å². The lowest BCUT2D eigenvalue weighted by Crippen LogP contribution is -1.93. The third kappa shape index (κ3) is 108. The predicted molar refractivity (Wildman–Crippen MR) is 51.1 cm³/mol. The largest absolute Gasteiger partial charge is 0.231 e. The van der Waals surface area contributed by atoms with E-state index in [1.165, 1.54) is 6.42 Å². The molecule has 0 aromatic rings. The summed E-state index contributed by atoms with van der Waals surface area (Å²) >= 11 is 0. The summed E-state index contributed by atoms with van der Waals surface area (Å²) in [7, 11) is 0. The Labute approximate surface area is 79.4 Å². The van der Waals surface area contributed by atoms with Crippen LogP contribution in [-0.4, -0.2) is 12.2 Å². The van der Waals surface area contributed by atoms with E-state index < -0.39 is 0 Å². The van der Waals surface area contributed by atoms with Gasteiger partial charge in [-0.3, -0.25) is 0 Å². The third-order valence-corrected chi connectivity index (χ3v) is 0.943. The first-order valence-electron chi connectivity index (χ1n) is 4.03. The van der Waals surface area contributed by atoms with Crippen molar-refractivity contribution in [1.29, 1.82) is 10.8 Å². The zero-order valence-corrected chi connectivity index (χ0v) is 8.68. The van der Waals surface area contributed by atoms with E-state index in [4.69, 9.17) is 20.4 Å². The molecule has 0 saturated carbocycles. The quantitative estimate of drug-likeness (QED) is 0.513. The number of hydrogen-bond donors (Lipinski definition) is 2. The minimum Gasteiger partial charge on any atom is -0.222 e. The van der Waals surface area contributed by atoms with Gasteiger partial charge in [-0.1, -0.05) is 27.7 Å². The summed E-state index contributed by atoms with van der Waals surface area (Å²) in [6.07, 6.45) is 2.86. The van der Waals surface area contributed by atoms with E-state index in [0.717, 1.165) is 24.0 Å². The van der Waals surface area contributed by atoms with Crippen molar-refractivity contribution in [3.05, 3.63) is 0 Å². The summed E-state index contributed by atoms with van der Waals surface area (Å²) in [5.41, 5.74) is 0. The SMILES string of the molecule is CC(C)CC(C)C.N=C=O.N=C=O. The summed E-state index contributed by atoms with van der Waals surface area (Å²) in [5, 5.41) is 10.8. The molecule has 0 rings (SSSR count). The average molecular weight is 186 g/mol. The summed E-state index contributed by atoms with van der Waals surface area (Å²) in [5.74, 6) is 1.75. The van der Waals surface area contributed by atoms with E-state index in [1.807, 2.05) is 0 Å². The fraction of sp³-hybridized carbons (Fsp3) is 0.778. The molecule has 0 atom stereocenters. The molecule has 4 nitrogen and oxygen atoms in total. The molecule has 76 valence electrons. The van der Waals surface area contributed by atoms with Crippen molar-refractivity contribution in [2.75, 3.05) is 0 Å². The van der Waals surface area contributed by atoms with Gasteiger partial charge in [-0.2, -0.15) is 0 Å². The normalized spacial score (nSPS) is 7.23. The lowest BCUT2D eigenvalue weighted by molar-refractivity contribution is 0.469. The lowest BCUT2D eigenvalue weighted by Gasteiger charge is -2.05. The summed E-state index contributed by atoms with van der Waals surface area (Å²) in [4.78, 5) is 16.7. The topological polar surface area (TPSA) is 81.8 Å². The van der Waals surface area contributed by atoms with Crippen LogP contribution in [-0.2, 0) is 9.59 Å². The molecular formula is C9H18N2O2. The number of hydrogen-bond acceptors (Lipinski definition) is 4. The second kappa shape index (κ2) is 17.0. The summed E-state index contributed by atoms with van der Waals surface area (Å²) in [6, 6.07) is 0. The third-order valence-electron chi connectivity index (χ3n) is 0.943. The smallest absolute Gasteiger partial charge is 0.222 e. The van der Waals surface area contributed by atoms with Crippen molar-refractivity contribution in [3.63, 3.8) is 0 Å². The molecule has 13 heavy (non-hydrogen) atoms. The fourth-order valence-electron chi connectivity index (χ4n) is 0.943. The van der Waals surface area contributed by atoms with Gasteiger partial charge in [-0.25, -0.2) is 20.4 Å². The maximum Gasteiger partial charge on any atom is 0.231 e. The molecule has 0 aliphatic heterocycles. The van der Waals surface area contributed by atoms with Gasteiger partial charge in [-0.05, 0) is 18.3 Å². The number of carbonyl (C=O) groups excluding carboxylic acids is 2. The van der Waals surface area contributed by atoms with E-state index in [-0.39, 0.29) is 0 Å². The van der Waals surface area contributed by atoms with Gasteiger partial charge in [0, 0.05) is 0 Å². The Balaban J connectivity index is -0.000000140. The van der Waals surface area contributed by atoms with Crippen molar-refractivity contribution in [3.8, 4) is 0 Å². The number of nitrogens with one attached hydrogen (secondary N) is 2. The Bertz CT molecular complexity index is 135.